The zero-order valence-electron chi connectivity index (χ0n) is 12.6. The van der Waals surface area contributed by atoms with Crippen molar-refractivity contribution in [1.82, 2.24) is 4.90 Å². The second kappa shape index (κ2) is 4.51. The Bertz CT molecular complexity index is 532. The van der Waals surface area contributed by atoms with Gasteiger partial charge in [-0.15, -0.1) is 0 Å². The van der Waals surface area contributed by atoms with E-state index < -0.39 is 0 Å². The van der Waals surface area contributed by atoms with Crippen molar-refractivity contribution in [3.8, 4) is 5.75 Å². The van der Waals surface area contributed by atoms with Crippen molar-refractivity contribution >= 4 is 5.91 Å². The fourth-order valence-electron chi connectivity index (χ4n) is 3.09. The van der Waals surface area contributed by atoms with Crippen LogP contribution in [0.1, 0.15) is 45.6 Å². The van der Waals surface area contributed by atoms with Crippen LogP contribution in [-0.2, 0) is 11.3 Å². The predicted molar refractivity (Wildman–Crippen MR) is 78.5 cm³/mol. The predicted octanol–water partition coefficient (Wildman–Crippen LogP) is 3.38. The third-order valence-electron chi connectivity index (χ3n) is 4.83. The molecule has 1 aliphatic heterocycles. The Labute approximate surface area is 120 Å². The lowest BCUT2D eigenvalue weighted by Crippen LogP contribution is -2.55. The highest BCUT2D eigenvalue weighted by atomic mass is 16.5. The molecule has 2 aliphatic rings. The Hall–Kier alpha value is -1.51. The van der Waals surface area contributed by atoms with Crippen molar-refractivity contribution in [2.24, 2.45) is 5.41 Å². The van der Waals surface area contributed by atoms with Gasteiger partial charge in [-0.3, -0.25) is 4.79 Å². The summed E-state index contributed by atoms with van der Waals surface area (Å²) in [5.74, 6) is 1.20. The van der Waals surface area contributed by atoms with E-state index in [-0.39, 0.29) is 16.9 Å². The average molecular weight is 273 g/mol. The van der Waals surface area contributed by atoms with Crippen molar-refractivity contribution in [2.45, 2.75) is 52.1 Å². The zero-order chi connectivity index (χ0) is 14.4. The number of nitrogens with zero attached hydrogens (tertiary/aromatic N) is 1. The Morgan fingerprint density at radius 2 is 1.90 bits per heavy atom. The summed E-state index contributed by atoms with van der Waals surface area (Å²) in [6.07, 6.45) is 3.20. The number of fused-ring (bicyclic) bond motifs is 1. The van der Waals surface area contributed by atoms with E-state index in [9.17, 15) is 4.79 Å². The summed E-state index contributed by atoms with van der Waals surface area (Å²) in [6.45, 7) is 7.49. The lowest BCUT2D eigenvalue weighted by Gasteiger charge is -2.45. The van der Waals surface area contributed by atoms with Gasteiger partial charge in [0.1, 0.15) is 12.4 Å². The molecule has 0 unspecified atom stereocenters. The summed E-state index contributed by atoms with van der Waals surface area (Å²) in [7, 11) is 0. The van der Waals surface area contributed by atoms with Gasteiger partial charge in [-0.25, -0.2) is 0 Å². The van der Waals surface area contributed by atoms with Crippen LogP contribution in [0.15, 0.2) is 24.3 Å². The number of hydrogen-bond acceptors (Lipinski definition) is 2. The molecule has 108 valence electrons. The third kappa shape index (κ3) is 2.09. The van der Waals surface area contributed by atoms with Gasteiger partial charge in [-0.05, 0) is 32.8 Å². The van der Waals surface area contributed by atoms with Crippen LogP contribution < -0.4 is 4.74 Å². The van der Waals surface area contributed by atoms with Gasteiger partial charge < -0.3 is 9.64 Å². The highest BCUT2D eigenvalue weighted by Crippen LogP contribution is 2.44. The number of carbonyl (C=O) groups is 1. The first-order chi connectivity index (χ1) is 9.42. The number of carbonyl (C=O) groups excluding carboxylic acids is 1. The fraction of sp³-hybridized carbons (Fsp3) is 0.588. The largest absolute Gasteiger partial charge is 0.491 e. The van der Waals surface area contributed by atoms with Gasteiger partial charge in [0.2, 0.25) is 5.91 Å². The van der Waals surface area contributed by atoms with Crippen LogP contribution in [0.2, 0.25) is 0 Å². The summed E-state index contributed by atoms with van der Waals surface area (Å²) in [5.41, 5.74) is 0.681. The molecular formula is C17H23NO2. The van der Waals surface area contributed by atoms with E-state index in [1.54, 1.807) is 0 Å². The number of rotatable bonds is 1. The number of para-hydroxylation sites is 1. The van der Waals surface area contributed by atoms with Gasteiger partial charge in [0.25, 0.3) is 0 Å². The molecule has 3 nitrogen and oxygen atoms in total. The molecule has 1 amide bonds. The third-order valence-corrected chi connectivity index (χ3v) is 4.83. The molecule has 3 rings (SSSR count). The maximum atomic E-state index is 13.0. The highest BCUT2D eigenvalue weighted by molar-refractivity contribution is 5.84. The molecule has 0 N–H and O–H groups in total. The summed E-state index contributed by atoms with van der Waals surface area (Å²) in [6, 6.07) is 8.04. The summed E-state index contributed by atoms with van der Waals surface area (Å²) in [5, 5.41) is 0. The van der Waals surface area contributed by atoms with E-state index in [0.29, 0.717) is 13.2 Å². The first-order valence-corrected chi connectivity index (χ1v) is 7.45. The van der Waals surface area contributed by atoms with Crippen LogP contribution in [0.25, 0.3) is 0 Å². The van der Waals surface area contributed by atoms with Crippen LogP contribution in [-0.4, -0.2) is 23.0 Å². The van der Waals surface area contributed by atoms with Crippen LogP contribution in [0.5, 0.6) is 5.75 Å². The average Bonchev–Trinajstić information content (AvgIpc) is 2.52. The Morgan fingerprint density at radius 1 is 1.20 bits per heavy atom. The molecule has 1 heterocycles. The normalized spacial score (nSPS) is 23.1. The van der Waals surface area contributed by atoms with Gasteiger partial charge in [0.15, 0.2) is 0 Å². The van der Waals surface area contributed by atoms with E-state index in [2.05, 4.69) is 26.8 Å². The molecule has 0 spiro atoms. The Morgan fingerprint density at radius 3 is 2.55 bits per heavy atom. The van der Waals surface area contributed by atoms with Crippen molar-refractivity contribution in [1.29, 1.82) is 0 Å². The van der Waals surface area contributed by atoms with Crippen molar-refractivity contribution in [3.63, 3.8) is 0 Å². The van der Waals surface area contributed by atoms with Gasteiger partial charge in [-0.1, -0.05) is 31.5 Å². The molecule has 0 atom stereocenters. The molecule has 20 heavy (non-hydrogen) atoms. The topological polar surface area (TPSA) is 29.5 Å². The van der Waals surface area contributed by atoms with Crippen molar-refractivity contribution < 1.29 is 9.53 Å². The van der Waals surface area contributed by atoms with Crippen LogP contribution in [0, 0.1) is 5.41 Å². The minimum Gasteiger partial charge on any atom is -0.491 e. The molecule has 3 heteroatoms. The second-order valence-corrected chi connectivity index (χ2v) is 7.01. The molecule has 0 radical (unpaired) electrons. The molecule has 1 fully saturated rings. The maximum absolute atomic E-state index is 13.0. The Balaban J connectivity index is 1.93. The number of benzene rings is 1. The second-order valence-electron chi connectivity index (χ2n) is 7.01. The van der Waals surface area contributed by atoms with E-state index in [0.717, 1.165) is 24.2 Å². The van der Waals surface area contributed by atoms with E-state index in [1.807, 2.05) is 23.1 Å². The number of ether oxygens (including phenoxy) is 1. The van der Waals surface area contributed by atoms with E-state index in [4.69, 9.17) is 4.74 Å². The molecule has 0 saturated heterocycles. The van der Waals surface area contributed by atoms with Crippen LogP contribution in [0.3, 0.4) is 0 Å². The van der Waals surface area contributed by atoms with Gasteiger partial charge in [-0.2, -0.15) is 0 Å². The van der Waals surface area contributed by atoms with E-state index >= 15 is 0 Å². The monoisotopic (exact) mass is 273 g/mol. The van der Waals surface area contributed by atoms with Gasteiger partial charge in [0.05, 0.1) is 5.54 Å². The molecule has 0 aromatic heterocycles. The lowest BCUT2D eigenvalue weighted by atomic mass is 9.69. The first-order valence-electron chi connectivity index (χ1n) is 7.45. The molecular weight excluding hydrogens is 250 g/mol. The lowest BCUT2D eigenvalue weighted by molar-refractivity contribution is -0.153. The minimum atomic E-state index is -0.269. The van der Waals surface area contributed by atoms with Gasteiger partial charge >= 0.3 is 0 Å². The SMILES string of the molecule is CC1(C(=O)N2Cc3ccccc3OCC2(C)C)CCC1. The molecule has 1 aromatic rings. The summed E-state index contributed by atoms with van der Waals surface area (Å²) in [4.78, 5) is 15.0. The minimum absolute atomic E-state index is 0.156. The molecule has 1 aromatic carbocycles. The summed E-state index contributed by atoms with van der Waals surface area (Å²) >= 11 is 0. The van der Waals surface area contributed by atoms with E-state index in [1.165, 1.54) is 6.42 Å². The maximum Gasteiger partial charge on any atom is 0.229 e. The summed E-state index contributed by atoms with van der Waals surface area (Å²) < 4.78 is 5.91. The van der Waals surface area contributed by atoms with Crippen molar-refractivity contribution in [2.75, 3.05) is 6.61 Å². The quantitative estimate of drug-likeness (QED) is 0.785. The highest BCUT2D eigenvalue weighted by Gasteiger charge is 2.46. The number of hydrogen-bond donors (Lipinski definition) is 0. The van der Waals surface area contributed by atoms with Crippen molar-refractivity contribution in [3.05, 3.63) is 29.8 Å². The number of amides is 1. The smallest absolute Gasteiger partial charge is 0.229 e. The molecule has 1 saturated carbocycles. The first kappa shape index (κ1) is 13.5. The van der Waals surface area contributed by atoms with Crippen LogP contribution in [0.4, 0.5) is 0 Å². The zero-order valence-corrected chi connectivity index (χ0v) is 12.6. The fourth-order valence-corrected chi connectivity index (χ4v) is 3.09. The Kier molecular flexibility index (Phi) is 3.03. The van der Waals surface area contributed by atoms with Crippen LogP contribution >= 0.6 is 0 Å². The van der Waals surface area contributed by atoms with Gasteiger partial charge in [0, 0.05) is 17.5 Å². The standard InChI is InChI=1S/C17H23NO2/c1-16(2)12-20-14-8-5-4-7-13(14)11-18(16)15(19)17(3)9-6-10-17/h4-5,7-8H,6,9-12H2,1-3H3. The molecule has 1 aliphatic carbocycles. The molecule has 0 bridgehead atoms.